The number of benzene rings is 1. The molecule has 5 nitrogen and oxygen atoms in total. The lowest BCUT2D eigenvalue weighted by Crippen LogP contribution is -2.29. The fourth-order valence-electron chi connectivity index (χ4n) is 1.47. The van der Waals surface area contributed by atoms with Crippen molar-refractivity contribution >= 4 is 34.8 Å². The van der Waals surface area contributed by atoms with Crippen molar-refractivity contribution in [1.29, 1.82) is 0 Å². The minimum absolute atomic E-state index is 0.0288. The number of amides is 1. The number of halogens is 4. The molecule has 0 atom stereocenters. The maximum Gasteiger partial charge on any atom is 0.287 e. The van der Waals surface area contributed by atoms with Gasteiger partial charge in [0.25, 0.3) is 5.56 Å². The first-order chi connectivity index (χ1) is 9.88. The number of carbonyl (C=O) groups excluding carboxylic acids is 1. The number of hydrogen-bond donors (Lipinski definition) is 1. The molecule has 1 amide bonds. The van der Waals surface area contributed by atoms with E-state index >= 15 is 0 Å². The van der Waals surface area contributed by atoms with Crippen molar-refractivity contribution in [2.45, 2.75) is 6.54 Å². The lowest BCUT2D eigenvalue weighted by Gasteiger charge is -2.07. The van der Waals surface area contributed by atoms with Crippen molar-refractivity contribution < 1.29 is 13.6 Å². The molecule has 0 aliphatic rings. The average molecular weight is 334 g/mol. The van der Waals surface area contributed by atoms with Crippen molar-refractivity contribution in [3.63, 3.8) is 0 Å². The van der Waals surface area contributed by atoms with Crippen LogP contribution in [0.4, 0.5) is 14.5 Å². The maximum absolute atomic E-state index is 13.0. The molecule has 0 aliphatic carbocycles. The summed E-state index contributed by atoms with van der Waals surface area (Å²) in [5.74, 6) is -2.79. The fourth-order valence-corrected chi connectivity index (χ4v) is 1.74. The van der Waals surface area contributed by atoms with Crippen LogP contribution in [-0.4, -0.2) is 15.7 Å². The Labute approximate surface area is 127 Å². The highest BCUT2D eigenvalue weighted by Gasteiger charge is 2.11. The van der Waals surface area contributed by atoms with Crippen LogP contribution in [0.5, 0.6) is 0 Å². The molecule has 9 heteroatoms. The first-order valence-corrected chi connectivity index (χ1v) is 6.30. The zero-order chi connectivity index (χ0) is 15.6. The van der Waals surface area contributed by atoms with Crippen LogP contribution >= 0.6 is 23.2 Å². The third-order valence-electron chi connectivity index (χ3n) is 2.44. The highest BCUT2D eigenvalue weighted by molar-refractivity contribution is 6.41. The van der Waals surface area contributed by atoms with E-state index in [1.807, 2.05) is 0 Å². The highest BCUT2D eigenvalue weighted by Crippen LogP contribution is 2.15. The number of carbonyl (C=O) groups is 1. The molecular weight excluding hydrogens is 327 g/mol. The first kappa shape index (κ1) is 15.4. The summed E-state index contributed by atoms with van der Waals surface area (Å²) in [4.78, 5) is 23.4. The molecular formula is C12H7Cl2F2N3O2. The van der Waals surface area contributed by atoms with Crippen LogP contribution in [0.3, 0.4) is 0 Å². The Balaban J connectivity index is 2.14. The Hall–Kier alpha value is -1.99. The maximum atomic E-state index is 13.0. The summed E-state index contributed by atoms with van der Waals surface area (Å²) in [7, 11) is 0. The standard InChI is InChI=1S/C12H7Cl2F2N3O2/c13-7-4-17-19(12(21)11(7)14)5-10(20)18-6-1-2-8(15)9(16)3-6/h1-4H,5H2,(H,18,20). The van der Waals surface area contributed by atoms with Gasteiger partial charge in [-0.1, -0.05) is 23.2 Å². The van der Waals surface area contributed by atoms with E-state index in [1.54, 1.807) is 0 Å². The van der Waals surface area contributed by atoms with Crippen molar-refractivity contribution in [1.82, 2.24) is 9.78 Å². The van der Waals surface area contributed by atoms with Crippen LogP contribution < -0.4 is 10.9 Å². The minimum atomic E-state index is -1.10. The third kappa shape index (κ3) is 3.56. The van der Waals surface area contributed by atoms with Gasteiger partial charge in [0.1, 0.15) is 11.6 Å². The predicted molar refractivity (Wildman–Crippen MR) is 73.5 cm³/mol. The molecule has 0 fully saturated rings. The molecule has 2 rings (SSSR count). The quantitative estimate of drug-likeness (QED) is 0.938. The zero-order valence-corrected chi connectivity index (χ0v) is 11.8. The summed E-state index contributed by atoms with van der Waals surface area (Å²) >= 11 is 11.2. The van der Waals surface area contributed by atoms with Crippen molar-refractivity contribution in [2.75, 3.05) is 5.32 Å². The molecule has 21 heavy (non-hydrogen) atoms. The topological polar surface area (TPSA) is 64.0 Å². The Bertz CT molecular complexity index is 765. The molecule has 1 aromatic heterocycles. The summed E-state index contributed by atoms with van der Waals surface area (Å²) in [6.07, 6.45) is 1.12. The normalized spacial score (nSPS) is 10.5. The van der Waals surface area contributed by atoms with Gasteiger partial charge in [-0.05, 0) is 12.1 Å². The van der Waals surface area contributed by atoms with Crippen molar-refractivity contribution in [3.8, 4) is 0 Å². The van der Waals surface area contributed by atoms with E-state index in [1.165, 1.54) is 6.07 Å². The molecule has 0 unspecified atom stereocenters. The average Bonchev–Trinajstić information content (AvgIpc) is 2.44. The predicted octanol–water partition coefficient (Wildman–Crippen LogP) is 2.47. The van der Waals surface area contributed by atoms with Gasteiger partial charge in [0.05, 0.1) is 11.2 Å². The molecule has 0 radical (unpaired) electrons. The van der Waals surface area contributed by atoms with Crippen LogP contribution in [0.25, 0.3) is 0 Å². The minimum Gasteiger partial charge on any atom is -0.324 e. The summed E-state index contributed by atoms with van der Waals surface area (Å²) < 4.78 is 26.5. The first-order valence-electron chi connectivity index (χ1n) is 5.54. The van der Waals surface area contributed by atoms with Gasteiger partial charge in [-0.3, -0.25) is 9.59 Å². The molecule has 0 spiro atoms. The van der Waals surface area contributed by atoms with Crippen LogP contribution in [0.2, 0.25) is 10.0 Å². The van der Waals surface area contributed by atoms with Crippen LogP contribution in [0.1, 0.15) is 0 Å². The molecule has 0 saturated heterocycles. The number of nitrogens with zero attached hydrogens (tertiary/aromatic N) is 2. The Morgan fingerprint density at radius 3 is 2.67 bits per heavy atom. The second-order valence-corrected chi connectivity index (χ2v) is 4.73. The molecule has 0 saturated carbocycles. The second-order valence-electron chi connectivity index (χ2n) is 3.95. The molecule has 1 aromatic carbocycles. The van der Waals surface area contributed by atoms with Crippen molar-refractivity contribution in [2.24, 2.45) is 0 Å². The number of rotatable bonds is 3. The Morgan fingerprint density at radius 1 is 1.29 bits per heavy atom. The largest absolute Gasteiger partial charge is 0.324 e. The molecule has 0 aliphatic heterocycles. The number of anilines is 1. The highest BCUT2D eigenvalue weighted by atomic mass is 35.5. The number of hydrogen-bond acceptors (Lipinski definition) is 3. The monoisotopic (exact) mass is 333 g/mol. The lowest BCUT2D eigenvalue weighted by atomic mass is 10.3. The Morgan fingerprint density at radius 2 is 2.00 bits per heavy atom. The smallest absolute Gasteiger partial charge is 0.287 e. The van der Waals surface area contributed by atoms with Crippen LogP contribution in [0, 0.1) is 11.6 Å². The fraction of sp³-hybridized carbons (Fsp3) is 0.0833. The van der Waals surface area contributed by atoms with E-state index < -0.39 is 29.6 Å². The van der Waals surface area contributed by atoms with E-state index in [9.17, 15) is 18.4 Å². The molecule has 110 valence electrons. The third-order valence-corrected chi connectivity index (χ3v) is 3.19. The van der Waals surface area contributed by atoms with Gasteiger partial charge in [0, 0.05) is 11.8 Å². The van der Waals surface area contributed by atoms with Gasteiger partial charge < -0.3 is 5.32 Å². The molecule has 2 aromatic rings. The van der Waals surface area contributed by atoms with E-state index in [-0.39, 0.29) is 15.7 Å². The van der Waals surface area contributed by atoms with E-state index in [2.05, 4.69) is 10.4 Å². The van der Waals surface area contributed by atoms with Gasteiger partial charge in [0.2, 0.25) is 5.91 Å². The van der Waals surface area contributed by atoms with Gasteiger partial charge in [-0.25, -0.2) is 13.5 Å². The van der Waals surface area contributed by atoms with E-state index in [0.29, 0.717) is 0 Å². The summed E-state index contributed by atoms with van der Waals surface area (Å²) in [6.45, 7) is -0.450. The van der Waals surface area contributed by atoms with Crippen LogP contribution in [0.15, 0.2) is 29.2 Å². The lowest BCUT2D eigenvalue weighted by molar-refractivity contribution is -0.117. The number of aromatic nitrogens is 2. The Kier molecular flexibility index (Phi) is 4.54. The van der Waals surface area contributed by atoms with Gasteiger partial charge in [0.15, 0.2) is 11.6 Å². The van der Waals surface area contributed by atoms with Crippen molar-refractivity contribution in [3.05, 3.63) is 56.4 Å². The summed E-state index contributed by atoms with van der Waals surface area (Å²) in [5, 5.41) is 5.66. The zero-order valence-electron chi connectivity index (χ0n) is 10.2. The van der Waals surface area contributed by atoms with Crippen LogP contribution in [-0.2, 0) is 11.3 Å². The number of nitrogens with one attached hydrogen (secondary N) is 1. The molecule has 1 N–H and O–H groups in total. The SMILES string of the molecule is O=C(Cn1ncc(Cl)c(Cl)c1=O)Nc1ccc(F)c(F)c1. The summed E-state index contributed by atoms with van der Waals surface area (Å²) in [5.41, 5.74) is -0.684. The van der Waals surface area contributed by atoms with Gasteiger partial charge in [-0.2, -0.15) is 5.10 Å². The van der Waals surface area contributed by atoms with E-state index in [0.717, 1.165) is 23.0 Å². The molecule has 1 heterocycles. The molecule has 0 bridgehead atoms. The van der Waals surface area contributed by atoms with E-state index in [4.69, 9.17) is 23.2 Å². The van der Waals surface area contributed by atoms with Gasteiger partial charge in [-0.15, -0.1) is 0 Å². The second kappa shape index (κ2) is 6.19. The van der Waals surface area contributed by atoms with Gasteiger partial charge >= 0.3 is 0 Å². The summed E-state index contributed by atoms with van der Waals surface area (Å²) in [6, 6.07) is 2.87.